The number of hydrogen-bond acceptors (Lipinski definition) is 4. The smallest absolute Gasteiger partial charge is 0.265 e. The summed E-state index contributed by atoms with van der Waals surface area (Å²) in [4.78, 5) is 30.2. The summed E-state index contributed by atoms with van der Waals surface area (Å²) >= 11 is 13.9. The van der Waals surface area contributed by atoms with Crippen LogP contribution >= 0.6 is 34.5 Å². The molecule has 0 saturated carbocycles. The van der Waals surface area contributed by atoms with Gasteiger partial charge in [0, 0.05) is 52.4 Å². The first kappa shape index (κ1) is 22.2. The third kappa shape index (κ3) is 4.57. The first-order chi connectivity index (χ1) is 16.0. The summed E-state index contributed by atoms with van der Waals surface area (Å²) < 4.78 is 0.902. The third-order valence-corrected chi connectivity index (χ3v) is 7.76. The van der Waals surface area contributed by atoms with E-state index in [0.717, 1.165) is 26.5 Å². The SMILES string of the molecule is O=C(CN1CCN(C(=O)c2sc3cc(Cl)ccc3c2Cl)CC1)Nc1cccc2ccccc12. The van der Waals surface area contributed by atoms with Crippen LogP contribution in [0.3, 0.4) is 0 Å². The van der Waals surface area contributed by atoms with Gasteiger partial charge in [-0.05, 0) is 23.6 Å². The molecule has 1 N–H and O–H groups in total. The molecule has 5 nitrogen and oxygen atoms in total. The van der Waals surface area contributed by atoms with Crippen molar-refractivity contribution in [2.75, 3.05) is 38.0 Å². The lowest BCUT2D eigenvalue weighted by Gasteiger charge is -2.34. The fourth-order valence-electron chi connectivity index (χ4n) is 4.16. The van der Waals surface area contributed by atoms with Crippen molar-refractivity contribution >= 4 is 72.9 Å². The predicted octanol–water partition coefficient (Wildman–Crippen LogP) is 5.76. The molecule has 1 aliphatic heterocycles. The fourth-order valence-corrected chi connectivity index (χ4v) is 5.91. The lowest BCUT2D eigenvalue weighted by atomic mass is 10.1. The zero-order valence-corrected chi connectivity index (χ0v) is 20.0. The minimum absolute atomic E-state index is 0.0597. The van der Waals surface area contributed by atoms with Crippen molar-refractivity contribution in [3.8, 4) is 0 Å². The summed E-state index contributed by atoms with van der Waals surface area (Å²) in [5.41, 5.74) is 0.812. The molecule has 1 aromatic heterocycles. The summed E-state index contributed by atoms with van der Waals surface area (Å²) in [6.07, 6.45) is 0. The van der Waals surface area contributed by atoms with Gasteiger partial charge in [0.1, 0.15) is 4.88 Å². The van der Waals surface area contributed by atoms with Crippen molar-refractivity contribution in [1.29, 1.82) is 0 Å². The Morgan fingerprint density at radius 1 is 0.909 bits per heavy atom. The lowest BCUT2D eigenvalue weighted by Crippen LogP contribution is -2.50. The maximum Gasteiger partial charge on any atom is 0.265 e. The number of amides is 2. The number of anilines is 1. The number of piperazine rings is 1. The lowest BCUT2D eigenvalue weighted by molar-refractivity contribution is -0.117. The van der Waals surface area contributed by atoms with E-state index in [9.17, 15) is 9.59 Å². The number of thiophene rings is 1. The van der Waals surface area contributed by atoms with Crippen LogP contribution < -0.4 is 5.32 Å². The molecule has 168 valence electrons. The van der Waals surface area contributed by atoms with E-state index < -0.39 is 0 Å². The second-order valence-corrected chi connectivity index (χ2v) is 9.90. The summed E-state index contributed by atoms with van der Waals surface area (Å²) in [7, 11) is 0. The molecule has 0 spiro atoms. The molecule has 8 heteroatoms. The normalized spacial score (nSPS) is 14.7. The number of fused-ring (bicyclic) bond motifs is 2. The van der Waals surface area contributed by atoms with Crippen LogP contribution in [0.25, 0.3) is 20.9 Å². The van der Waals surface area contributed by atoms with E-state index in [2.05, 4.69) is 10.2 Å². The molecule has 2 amide bonds. The summed E-state index contributed by atoms with van der Waals surface area (Å²) in [5.74, 6) is -0.132. The highest BCUT2D eigenvalue weighted by molar-refractivity contribution is 7.21. The quantitative estimate of drug-likeness (QED) is 0.390. The highest BCUT2D eigenvalue weighted by Crippen LogP contribution is 2.37. The maximum atomic E-state index is 13.1. The van der Waals surface area contributed by atoms with Crippen LogP contribution in [-0.4, -0.2) is 54.3 Å². The Morgan fingerprint density at radius 2 is 1.67 bits per heavy atom. The van der Waals surface area contributed by atoms with E-state index in [1.54, 1.807) is 11.0 Å². The van der Waals surface area contributed by atoms with E-state index in [4.69, 9.17) is 23.2 Å². The van der Waals surface area contributed by atoms with Gasteiger partial charge in [0.2, 0.25) is 5.91 Å². The topological polar surface area (TPSA) is 52.7 Å². The standard InChI is InChI=1S/C25H21Cl2N3O2S/c26-17-8-9-19-21(14-17)33-24(23(19)27)25(32)30-12-10-29(11-13-30)15-22(31)28-20-7-3-5-16-4-1-2-6-18(16)20/h1-9,14H,10-13,15H2,(H,28,31). The van der Waals surface area contributed by atoms with Gasteiger partial charge in [0.05, 0.1) is 11.6 Å². The number of benzene rings is 3. The Bertz CT molecular complexity index is 1360. The Kier molecular flexibility index (Phi) is 6.25. The van der Waals surface area contributed by atoms with Gasteiger partial charge >= 0.3 is 0 Å². The first-order valence-electron chi connectivity index (χ1n) is 10.7. The molecule has 1 saturated heterocycles. The molecular formula is C25H21Cl2N3O2S. The predicted molar refractivity (Wildman–Crippen MR) is 137 cm³/mol. The second kappa shape index (κ2) is 9.31. The van der Waals surface area contributed by atoms with Crippen molar-refractivity contribution in [2.24, 2.45) is 0 Å². The van der Waals surface area contributed by atoms with Gasteiger partial charge in [-0.15, -0.1) is 11.3 Å². The van der Waals surface area contributed by atoms with Crippen LogP contribution in [0.1, 0.15) is 9.67 Å². The van der Waals surface area contributed by atoms with E-state index in [-0.39, 0.29) is 18.4 Å². The zero-order valence-electron chi connectivity index (χ0n) is 17.7. The van der Waals surface area contributed by atoms with Crippen LogP contribution in [0, 0.1) is 0 Å². The van der Waals surface area contributed by atoms with Crippen molar-refractivity contribution < 1.29 is 9.59 Å². The molecule has 5 rings (SSSR count). The number of carbonyl (C=O) groups excluding carboxylic acids is 2. The molecule has 33 heavy (non-hydrogen) atoms. The van der Waals surface area contributed by atoms with Crippen LogP contribution in [0.15, 0.2) is 60.7 Å². The van der Waals surface area contributed by atoms with Crippen LogP contribution in [0.2, 0.25) is 10.0 Å². The summed E-state index contributed by atoms with van der Waals surface area (Å²) in [6, 6.07) is 19.3. The maximum absolute atomic E-state index is 13.1. The van der Waals surface area contributed by atoms with Crippen LogP contribution in [-0.2, 0) is 4.79 Å². The first-order valence-corrected chi connectivity index (χ1v) is 12.2. The highest BCUT2D eigenvalue weighted by Gasteiger charge is 2.27. The van der Waals surface area contributed by atoms with Crippen LogP contribution in [0.5, 0.6) is 0 Å². The Labute approximate surface area is 205 Å². The van der Waals surface area contributed by atoms with E-state index >= 15 is 0 Å². The zero-order chi connectivity index (χ0) is 22.9. The summed E-state index contributed by atoms with van der Waals surface area (Å²) in [6.45, 7) is 2.64. The molecule has 0 aliphatic carbocycles. The molecular weight excluding hydrogens is 477 g/mol. The molecule has 0 radical (unpaired) electrons. The molecule has 0 bridgehead atoms. The minimum Gasteiger partial charge on any atom is -0.335 e. The number of halogens is 2. The van der Waals surface area contributed by atoms with E-state index in [1.807, 2.05) is 54.6 Å². The van der Waals surface area contributed by atoms with Gasteiger partial charge in [-0.25, -0.2) is 0 Å². The van der Waals surface area contributed by atoms with Crippen molar-refractivity contribution in [1.82, 2.24) is 9.80 Å². The van der Waals surface area contributed by atoms with Gasteiger partial charge in [0.15, 0.2) is 0 Å². The fraction of sp³-hybridized carbons (Fsp3) is 0.200. The highest BCUT2D eigenvalue weighted by atomic mass is 35.5. The molecule has 0 atom stereocenters. The van der Waals surface area contributed by atoms with E-state index in [0.29, 0.717) is 41.1 Å². The van der Waals surface area contributed by atoms with Gasteiger partial charge in [-0.1, -0.05) is 65.7 Å². The number of hydrogen-bond donors (Lipinski definition) is 1. The van der Waals surface area contributed by atoms with Gasteiger partial charge in [-0.2, -0.15) is 0 Å². The molecule has 3 aromatic carbocycles. The Hall–Kier alpha value is -2.64. The van der Waals surface area contributed by atoms with Gasteiger partial charge < -0.3 is 10.2 Å². The average Bonchev–Trinajstić information content (AvgIpc) is 3.14. The number of carbonyl (C=O) groups is 2. The molecule has 1 aliphatic rings. The number of nitrogens with one attached hydrogen (secondary N) is 1. The summed E-state index contributed by atoms with van der Waals surface area (Å²) in [5, 5.41) is 7.08. The third-order valence-electron chi connectivity index (χ3n) is 5.88. The Balaban J connectivity index is 1.20. The molecule has 0 unspecified atom stereocenters. The molecule has 2 heterocycles. The largest absolute Gasteiger partial charge is 0.335 e. The van der Waals surface area contributed by atoms with Gasteiger partial charge in [0.25, 0.3) is 5.91 Å². The van der Waals surface area contributed by atoms with Gasteiger partial charge in [-0.3, -0.25) is 14.5 Å². The van der Waals surface area contributed by atoms with Crippen molar-refractivity contribution in [3.63, 3.8) is 0 Å². The van der Waals surface area contributed by atoms with Crippen molar-refractivity contribution in [3.05, 3.63) is 75.6 Å². The monoisotopic (exact) mass is 497 g/mol. The number of nitrogens with zero attached hydrogens (tertiary/aromatic N) is 2. The Morgan fingerprint density at radius 3 is 2.48 bits per heavy atom. The molecule has 1 fully saturated rings. The van der Waals surface area contributed by atoms with Crippen LogP contribution in [0.4, 0.5) is 5.69 Å². The van der Waals surface area contributed by atoms with E-state index in [1.165, 1.54) is 11.3 Å². The molecule has 4 aromatic rings. The second-order valence-electron chi connectivity index (χ2n) is 8.03. The minimum atomic E-state index is -0.0721. The average molecular weight is 498 g/mol. The van der Waals surface area contributed by atoms with Crippen molar-refractivity contribution in [2.45, 2.75) is 0 Å². The number of rotatable bonds is 4.